The summed E-state index contributed by atoms with van der Waals surface area (Å²) >= 11 is 2.11. The molecule has 0 radical (unpaired) electrons. The first-order valence-electron chi connectivity index (χ1n) is 5.78. The van der Waals surface area contributed by atoms with Crippen LogP contribution in [-0.2, 0) is 4.79 Å². The number of hydrogen-bond acceptors (Lipinski definition) is 2. The van der Waals surface area contributed by atoms with E-state index in [4.69, 9.17) is 0 Å². The zero-order valence-electron chi connectivity index (χ0n) is 10.6. The summed E-state index contributed by atoms with van der Waals surface area (Å²) in [5, 5.41) is 0. The maximum absolute atomic E-state index is 12.1. The van der Waals surface area contributed by atoms with E-state index in [1.54, 1.807) is 26.0 Å². The minimum absolute atomic E-state index is 0.0295. The van der Waals surface area contributed by atoms with Crippen LogP contribution in [-0.4, -0.2) is 17.4 Å². The van der Waals surface area contributed by atoms with Crippen LogP contribution >= 0.6 is 22.6 Å². The molecule has 2 rings (SSSR count). The Kier molecular flexibility index (Phi) is 4.09. The summed E-state index contributed by atoms with van der Waals surface area (Å²) in [6.45, 7) is 3.55. The quantitative estimate of drug-likeness (QED) is 0.566. The lowest BCUT2D eigenvalue weighted by Gasteiger charge is -2.10. The average Bonchev–Trinajstić information content (AvgIpc) is 2.40. The molecule has 0 atom stereocenters. The van der Waals surface area contributed by atoms with E-state index in [9.17, 15) is 9.59 Å². The van der Waals surface area contributed by atoms with E-state index >= 15 is 0 Å². The number of ketones is 1. The molecular weight excluding hydrogens is 353 g/mol. The van der Waals surface area contributed by atoms with Crippen molar-refractivity contribution in [2.45, 2.75) is 13.8 Å². The van der Waals surface area contributed by atoms with Crippen LogP contribution in [0.15, 0.2) is 52.6 Å². The van der Waals surface area contributed by atoms with Crippen LogP contribution in [0.5, 0.6) is 0 Å². The van der Waals surface area contributed by atoms with Gasteiger partial charge < -0.3 is 0 Å². The molecule has 0 heterocycles. The van der Waals surface area contributed by atoms with Gasteiger partial charge in [-0.15, -0.1) is 0 Å². The number of amides is 1. The molecule has 4 heteroatoms. The monoisotopic (exact) mass is 365 g/mol. The Hall–Kier alpha value is -1.56. The van der Waals surface area contributed by atoms with Crippen LogP contribution in [0, 0.1) is 3.57 Å². The first-order valence-corrected chi connectivity index (χ1v) is 6.86. The summed E-state index contributed by atoms with van der Waals surface area (Å²) in [4.78, 5) is 27.7. The topological polar surface area (TPSA) is 46.5 Å². The lowest BCUT2D eigenvalue weighted by atomic mass is 9.97. The van der Waals surface area contributed by atoms with Crippen molar-refractivity contribution >= 4 is 40.0 Å². The summed E-state index contributed by atoms with van der Waals surface area (Å²) in [6.07, 6.45) is 3.04. The van der Waals surface area contributed by atoms with Crippen LogP contribution < -0.4 is 0 Å². The summed E-state index contributed by atoms with van der Waals surface area (Å²) in [5.41, 5.74) is 2.52. The second-order valence-electron chi connectivity index (χ2n) is 4.23. The third-order valence-electron chi connectivity index (χ3n) is 3.04. The zero-order valence-corrected chi connectivity index (χ0v) is 12.8. The number of rotatable bonds is 1. The molecule has 19 heavy (non-hydrogen) atoms. The second-order valence-corrected chi connectivity index (χ2v) is 5.39. The first-order chi connectivity index (χ1) is 9.00. The van der Waals surface area contributed by atoms with Gasteiger partial charge in [-0.2, -0.15) is 0 Å². The van der Waals surface area contributed by atoms with E-state index in [1.807, 2.05) is 18.2 Å². The highest BCUT2D eigenvalue weighted by Gasteiger charge is 2.16. The number of benzene rings is 1. The maximum atomic E-state index is 12.1. The van der Waals surface area contributed by atoms with E-state index in [0.717, 1.165) is 9.14 Å². The molecular formula is C15H12INO2. The van der Waals surface area contributed by atoms with E-state index in [-0.39, 0.29) is 11.7 Å². The molecule has 96 valence electrons. The van der Waals surface area contributed by atoms with Crippen molar-refractivity contribution in [3.8, 4) is 0 Å². The number of allylic oxidation sites excluding steroid dienone is 4. The lowest BCUT2D eigenvalue weighted by Crippen LogP contribution is -2.13. The number of carbonyl (C=O) groups excluding carboxylic acids is 2. The van der Waals surface area contributed by atoms with Gasteiger partial charge in [0.2, 0.25) is 0 Å². The van der Waals surface area contributed by atoms with Crippen LogP contribution in [0.2, 0.25) is 0 Å². The summed E-state index contributed by atoms with van der Waals surface area (Å²) in [6, 6.07) is 7.30. The number of aliphatic imine (C=N–C) groups is 1. The summed E-state index contributed by atoms with van der Waals surface area (Å²) in [7, 11) is 0. The molecule has 0 bridgehead atoms. The molecule has 0 saturated carbocycles. The van der Waals surface area contributed by atoms with Crippen molar-refractivity contribution in [2.75, 3.05) is 0 Å². The van der Waals surface area contributed by atoms with Crippen molar-refractivity contribution in [3.63, 3.8) is 0 Å². The number of halogens is 1. The summed E-state index contributed by atoms with van der Waals surface area (Å²) in [5.74, 6) is -0.315. The third kappa shape index (κ3) is 2.89. The van der Waals surface area contributed by atoms with E-state index in [1.165, 1.54) is 6.08 Å². The number of nitrogens with zero attached hydrogens (tertiary/aromatic N) is 1. The van der Waals surface area contributed by atoms with Crippen molar-refractivity contribution in [2.24, 2.45) is 4.99 Å². The Morgan fingerprint density at radius 2 is 1.79 bits per heavy atom. The fourth-order valence-electron chi connectivity index (χ4n) is 1.71. The third-order valence-corrected chi connectivity index (χ3v) is 3.98. The largest absolute Gasteiger partial charge is 0.290 e. The van der Waals surface area contributed by atoms with Gasteiger partial charge in [0.25, 0.3) is 5.91 Å². The maximum Gasteiger partial charge on any atom is 0.278 e. The normalized spacial score (nSPS) is 17.2. The Morgan fingerprint density at radius 1 is 1.11 bits per heavy atom. The van der Waals surface area contributed by atoms with Gasteiger partial charge in [-0.05, 0) is 66.3 Å². The minimum Gasteiger partial charge on any atom is -0.290 e. The second kappa shape index (κ2) is 5.61. The number of hydrogen-bond donors (Lipinski definition) is 0. The Labute approximate surface area is 125 Å². The highest BCUT2D eigenvalue weighted by atomic mass is 127. The predicted octanol–water partition coefficient (Wildman–Crippen LogP) is 3.35. The Balaban J connectivity index is 2.38. The minimum atomic E-state index is -0.286. The van der Waals surface area contributed by atoms with Gasteiger partial charge >= 0.3 is 0 Å². The molecule has 0 unspecified atom stereocenters. The molecule has 0 aromatic heterocycles. The van der Waals surface area contributed by atoms with Crippen molar-refractivity contribution in [1.82, 2.24) is 0 Å². The smallest absolute Gasteiger partial charge is 0.278 e. The Bertz CT molecular complexity index is 654. The highest BCUT2D eigenvalue weighted by molar-refractivity contribution is 14.1. The molecule has 1 amide bonds. The molecule has 1 aliphatic carbocycles. The molecule has 0 saturated heterocycles. The molecule has 1 aromatic carbocycles. The lowest BCUT2D eigenvalue weighted by molar-refractivity contribution is -0.111. The number of carbonyl (C=O) groups is 2. The molecule has 0 fully saturated rings. The fraction of sp³-hybridized carbons (Fsp3) is 0.133. The van der Waals surface area contributed by atoms with Gasteiger partial charge in [0.05, 0.1) is 11.3 Å². The molecule has 1 aromatic rings. The first kappa shape index (κ1) is 13.9. The van der Waals surface area contributed by atoms with E-state index < -0.39 is 0 Å². The van der Waals surface area contributed by atoms with Crippen molar-refractivity contribution in [1.29, 1.82) is 0 Å². The molecule has 0 aliphatic heterocycles. The van der Waals surface area contributed by atoms with Gasteiger partial charge in [0.15, 0.2) is 5.78 Å². The van der Waals surface area contributed by atoms with Crippen molar-refractivity contribution < 1.29 is 9.59 Å². The van der Waals surface area contributed by atoms with Crippen molar-refractivity contribution in [3.05, 3.63) is 56.7 Å². The molecule has 0 N–H and O–H groups in total. The van der Waals surface area contributed by atoms with Crippen LogP contribution in [0.1, 0.15) is 24.2 Å². The van der Waals surface area contributed by atoms with Gasteiger partial charge in [0, 0.05) is 9.14 Å². The average molecular weight is 365 g/mol. The van der Waals surface area contributed by atoms with Gasteiger partial charge in [0.1, 0.15) is 0 Å². The fourth-order valence-corrected chi connectivity index (χ4v) is 2.33. The molecule has 1 aliphatic rings. The van der Waals surface area contributed by atoms with Gasteiger partial charge in [-0.3, -0.25) is 9.59 Å². The zero-order chi connectivity index (χ0) is 14.0. The van der Waals surface area contributed by atoms with Crippen LogP contribution in [0.25, 0.3) is 0 Å². The standard InChI is InChI=1S/C15H12INO2/c1-9-10(2)14(18)8-7-13(9)17-15(19)11-5-3-4-6-12(11)16/h3-8H,1-2H3. The van der Waals surface area contributed by atoms with Crippen LogP contribution in [0.4, 0.5) is 0 Å². The van der Waals surface area contributed by atoms with Gasteiger partial charge in [-0.1, -0.05) is 12.1 Å². The predicted molar refractivity (Wildman–Crippen MR) is 83.4 cm³/mol. The van der Waals surface area contributed by atoms with Crippen LogP contribution in [0.3, 0.4) is 0 Å². The van der Waals surface area contributed by atoms with E-state index in [2.05, 4.69) is 27.6 Å². The van der Waals surface area contributed by atoms with Gasteiger partial charge in [-0.25, -0.2) is 4.99 Å². The highest BCUT2D eigenvalue weighted by Crippen LogP contribution is 2.17. The SMILES string of the molecule is CC1=C(C)C(=NC(=O)c2ccccc2I)C=CC1=O. The Morgan fingerprint density at radius 3 is 2.47 bits per heavy atom. The van der Waals surface area contributed by atoms with E-state index in [0.29, 0.717) is 16.8 Å². The molecule has 0 spiro atoms. The molecule has 3 nitrogen and oxygen atoms in total. The summed E-state index contributed by atoms with van der Waals surface area (Å²) < 4.78 is 0.865.